The quantitative estimate of drug-likeness (QED) is 0.696. The third-order valence-electron chi connectivity index (χ3n) is 4.91. The highest BCUT2D eigenvalue weighted by atomic mass is 19.1. The predicted octanol–water partition coefficient (Wildman–Crippen LogP) is 3.84. The molecule has 29 heavy (non-hydrogen) atoms. The Bertz CT molecular complexity index is 840. The van der Waals surface area contributed by atoms with Crippen LogP contribution in [0, 0.1) is 12.7 Å². The van der Waals surface area contributed by atoms with E-state index in [2.05, 4.69) is 5.32 Å². The van der Waals surface area contributed by atoms with Gasteiger partial charge in [0, 0.05) is 18.2 Å². The fourth-order valence-electron chi connectivity index (χ4n) is 2.80. The van der Waals surface area contributed by atoms with Gasteiger partial charge in [-0.2, -0.15) is 0 Å². The molecule has 0 aliphatic carbocycles. The van der Waals surface area contributed by atoms with Crippen LogP contribution in [-0.4, -0.2) is 35.4 Å². The molecule has 0 aromatic heterocycles. The summed E-state index contributed by atoms with van der Waals surface area (Å²) < 4.78 is 19.8. The second kappa shape index (κ2) is 10.6. The van der Waals surface area contributed by atoms with Crippen LogP contribution in [-0.2, 0) is 16.1 Å². The van der Waals surface area contributed by atoms with Gasteiger partial charge < -0.3 is 15.0 Å². The van der Waals surface area contributed by atoms with Crippen LogP contribution < -0.4 is 10.1 Å². The average molecular weight is 400 g/mol. The van der Waals surface area contributed by atoms with E-state index in [0.29, 0.717) is 11.3 Å². The topological polar surface area (TPSA) is 58.6 Å². The lowest BCUT2D eigenvalue weighted by Gasteiger charge is -2.29. The molecule has 2 amide bonds. The zero-order chi connectivity index (χ0) is 21.4. The number of carbonyl (C=O) groups excluding carboxylic acids is 2. The Kier molecular flexibility index (Phi) is 8.19. The number of ether oxygens (including phenoxy) is 1. The van der Waals surface area contributed by atoms with E-state index in [9.17, 15) is 14.0 Å². The number of nitrogens with one attached hydrogen (secondary N) is 1. The van der Waals surface area contributed by atoms with E-state index in [1.54, 1.807) is 31.2 Å². The first-order chi connectivity index (χ1) is 13.8. The minimum Gasteiger partial charge on any atom is -0.484 e. The van der Waals surface area contributed by atoms with Crippen molar-refractivity contribution in [1.82, 2.24) is 10.2 Å². The van der Waals surface area contributed by atoms with E-state index < -0.39 is 11.9 Å². The summed E-state index contributed by atoms with van der Waals surface area (Å²) in [7, 11) is 0. The lowest BCUT2D eigenvalue weighted by Crippen LogP contribution is -2.50. The van der Waals surface area contributed by atoms with E-state index in [-0.39, 0.29) is 31.0 Å². The van der Waals surface area contributed by atoms with Crippen LogP contribution in [0.5, 0.6) is 5.75 Å². The van der Waals surface area contributed by atoms with E-state index in [1.807, 2.05) is 39.0 Å². The van der Waals surface area contributed by atoms with Crippen molar-refractivity contribution in [2.24, 2.45) is 0 Å². The van der Waals surface area contributed by atoms with Gasteiger partial charge in [0.15, 0.2) is 6.61 Å². The van der Waals surface area contributed by atoms with Crippen LogP contribution in [0.15, 0.2) is 48.5 Å². The van der Waals surface area contributed by atoms with Crippen molar-refractivity contribution < 1.29 is 18.7 Å². The van der Waals surface area contributed by atoms with Crippen LogP contribution in [0.25, 0.3) is 0 Å². The van der Waals surface area contributed by atoms with Gasteiger partial charge in [-0.1, -0.05) is 43.3 Å². The number of aryl methyl sites for hydroxylation is 1. The minimum atomic E-state index is -0.767. The van der Waals surface area contributed by atoms with Crippen LogP contribution in [0.1, 0.15) is 38.3 Å². The molecule has 6 heteroatoms. The second-order valence-corrected chi connectivity index (χ2v) is 7.16. The molecule has 1 N–H and O–H groups in total. The highest BCUT2D eigenvalue weighted by molar-refractivity contribution is 5.88. The second-order valence-electron chi connectivity index (χ2n) is 7.16. The van der Waals surface area contributed by atoms with Crippen LogP contribution >= 0.6 is 0 Å². The molecule has 5 nitrogen and oxygen atoms in total. The van der Waals surface area contributed by atoms with Gasteiger partial charge >= 0.3 is 0 Å². The lowest BCUT2D eigenvalue weighted by molar-refractivity contribution is -0.142. The van der Waals surface area contributed by atoms with E-state index in [1.165, 1.54) is 11.0 Å². The fraction of sp³-hybridized carbons (Fsp3) is 0.391. The standard InChI is InChI=1S/C23H29FN2O3/c1-5-17(3)25-23(28)18(4)26(14-19-11-7-8-12-20(19)24)22(27)15-29-21-13-9-6-10-16(21)2/h6-13,17-18H,5,14-15H2,1-4H3,(H,25,28)/t17-,18-/m0/s1. The molecule has 156 valence electrons. The monoisotopic (exact) mass is 400 g/mol. The number of benzene rings is 2. The van der Waals surface area contributed by atoms with Gasteiger partial charge in [-0.25, -0.2) is 4.39 Å². The van der Waals surface area contributed by atoms with Crippen molar-refractivity contribution in [3.63, 3.8) is 0 Å². The summed E-state index contributed by atoms with van der Waals surface area (Å²) in [5, 5.41) is 2.88. The molecule has 0 unspecified atom stereocenters. The zero-order valence-electron chi connectivity index (χ0n) is 17.4. The zero-order valence-corrected chi connectivity index (χ0v) is 17.4. The molecule has 0 aliphatic heterocycles. The molecule has 0 spiro atoms. The van der Waals surface area contributed by atoms with Gasteiger partial charge in [-0.15, -0.1) is 0 Å². The Morgan fingerprint density at radius 3 is 2.41 bits per heavy atom. The summed E-state index contributed by atoms with van der Waals surface area (Å²) in [5.74, 6) is -0.480. The molecular weight excluding hydrogens is 371 g/mol. The molecule has 0 radical (unpaired) electrons. The third-order valence-corrected chi connectivity index (χ3v) is 4.91. The molecule has 2 atom stereocenters. The Labute approximate surface area is 171 Å². The molecule has 0 saturated carbocycles. The predicted molar refractivity (Wildman–Crippen MR) is 111 cm³/mol. The number of para-hydroxylation sites is 1. The largest absolute Gasteiger partial charge is 0.484 e. The molecule has 2 aromatic rings. The summed E-state index contributed by atoms with van der Waals surface area (Å²) >= 11 is 0. The maximum Gasteiger partial charge on any atom is 0.261 e. The maximum atomic E-state index is 14.2. The van der Waals surface area contributed by atoms with Crippen LogP contribution in [0.2, 0.25) is 0 Å². The Morgan fingerprint density at radius 1 is 1.10 bits per heavy atom. The smallest absolute Gasteiger partial charge is 0.261 e. The molecule has 0 bridgehead atoms. The lowest BCUT2D eigenvalue weighted by atomic mass is 10.1. The van der Waals surface area contributed by atoms with E-state index in [4.69, 9.17) is 4.74 Å². The highest BCUT2D eigenvalue weighted by Gasteiger charge is 2.27. The molecule has 0 aliphatic rings. The van der Waals surface area contributed by atoms with Gasteiger partial charge in [0.05, 0.1) is 0 Å². The van der Waals surface area contributed by atoms with E-state index >= 15 is 0 Å². The van der Waals surface area contributed by atoms with Crippen molar-refractivity contribution in [2.45, 2.75) is 52.7 Å². The number of amides is 2. The van der Waals surface area contributed by atoms with Crippen molar-refractivity contribution in [1.29, 1.82) is 0 Å². The number of rotatable bonds is 9. The first kappa shape index (κ1) is 22.4. The highest BCUT2D eigenvalue weighted by Crippen LogP contribution is 2.18. The van der Waals surface area contributed by atoms with Crippen molar-refractivity contribution in [2.75, 3.05) is 6.61 Å². The number of nitrogens with zero attached hydrogens (tertiary/aromatic N) is 1. The number of halogens is 1. The molecule has 0 heterocycles. The van der Waals surface area contributed by atoms with Crippen molar-refractivity contribution in [3.8, 4) is 5.75 Å². The first-order valence-corrected chi connectivity index (χ1v) is 9.85. The number of hydrogen-bond donors (Lipinski definition) is 1. The normalized spacial score (nSPS) is 12.7. The number of carbonyl (C=O) groups is 2. The van der Waals surface area contributed by atoms with Gasteiger partial charge in [0.1, 0.15) is 17.6 Å². The summed E-state index contributed by atoms with van der Waals surface area (Å²) in [5.41, 5.74) is 1.25. The Balaban J connectivity index is 2.18. The summed E-state index contributed by atoms with van der Waals surface area (Å²) in [4.78, 5) is 26.9. The minimum absolute atomic E-state index is 0.0152. The fourth-order valence-corrected chi connectivity index (χ4v) is 2.80. The van der Waals surface area contributed by atoms with Gasteiger partial charge in [0.2, 0.25) is 5.91 Å². The Morgan fingerprint density at radius 2 is 1.76 bits per heavy atom. The molecule has 0 fully saturated rings. The molecule has 2 aromatic carbocycles. The van der Waals surface area contributed by atoms with Gasteiger partial charge in [-0.3, -0.25) is 9.59 Å². The maximum absolute atomic E-state index is 14.2. The summed E-state index contributed by atoms with van der Waals surface area (Å²) in [6.07, 6.45) is 0.774. The molecule has 2 rings (SSSR count). The molecule has 0 saturated heterocycles. The number of hydrogen-bond acceptors (Lipinski definition) is 3. The Hall–Kier alpha value is -2.89. The van der Waals surface area contributed by atoms with Crippen molar-refractivity contribution >= 4 is 11.8 Å². The van der Waals surface area contributed by atoms with Crippen LogP contribution in [0.4, 0.5) is 4.39 Å². The average Bonchev–Trinajstić information content (AvgIpc) is 2.71. The van der Waals surface area contributed by atoms with E-state index in [0.717, 1.165) is 12.0 Å². The van der Waals surface area contributed by atoms with Crippen molar-refractivity contribution in [3.05, 3.63) is 65.5 Å². The summed E-state index contributed by atoms with van der Waals surface area (Å²) in [6.45, 7) is 7.14. The SMILES string of the molecule is CC[C@H](C)NC(=O)[C@H](C)N(Cc1ccccc1F)C(=O)COc1ccccc1C. The van der Waals surface area contributed by atoms with Crippen LogP contribution in [0.3, 0.4) is 0 Å². The van der Waals surface area contributed by atoms with Gasteiger partial charge in [-0.05, 0) is 44.9 Å². The first-order valence-electron chi connectivity index (χ1n) is 9.85. The summed E-state index contributed by atoms with van der Waals surface area (Å²) in [6, 6.07) is 12.8. The third kappa shape index (κ3) is 6.31. The molecular formula is C23H29FN2O3. The van der Waals surface area contributed by atoms with Gasteiger partial charge in [0.25, 0.3) is 5.91 Å².